The highest BCUT2D eigenvalue weighted by atomic mass is 19.1. The van der Waals surface area contributed by atoms with Gasteiger partial charge in [-0.3, -0.25) is 4.79 Å². The summed E-state index contributed by atoms with van der Waals surface area (Å²) in [6.07, 6.45) is 9.56. The highest BCUT2D eigenvalue weighted by Crippen LogP contribution is 2.67. The molecule has 0 radical (unpaired) electrons. The molecule has 4 fully saturated rings. The van der Waals surface area contributed by atoms with Crippen molar-refractivity contribution in [2.24, 2.45) is 40.4 Å². The summed E-state index contributed by atoms with van der Waals surface area (Å²) in [5, 5.41) is 0. The molecule has 0 N–H and O–H groups in total. The van der Waals surface area contributed by atoms with Gasteiger partial charge >= 0.3 is 0 Å². The van der Waals surface area contributed by atoms with Gasteiger partial charge in [-0.25, -0.2) is 4.39 Å². The van der Waals surface area contributed by atoms with Crippen LogP contribution in [0.15, 0.2) is 0 Å². The number of fused-ring (bicyclic) bond motifs is 5. The second kappa shape index (κ2) is 5.30. The van der Waals surface area contributed by atoms with Crippen molar-refractivity contribution in [2.45, 2.75) is 84.7 Å². The minimum atomic E-state index is -0.549. The maximum Gasteiger partial charge on any atom is 0.133 e. The Morgan fingerprint density at radius 1 is 0.913 bits per heavy atom. The third kappa shape index (κ3) is 2.19. The molecule has 0 amide bonds. The fraction of sp³-hybridized carbons (Fsp3) is 0.952. The number of halogens is 1. The zero-order chi connectivity index (χ0) is 16.4. The third-order valence-electron chi connectivity index (χ3n) is 9.09. The van der Waals surface area contributed by atoms with Gasteiger partial charge in [0.15, 0.2) is 0 Å². The van der Waals surface area contributed by atoms with Gasteiger partial charge in [0.1, 0.15) is 12.0 Å². The summed E-state index contributed by atoms with van der Waals surface area (Å²) < 4.78 is 13.9. The smallest absolute Gasteiger partial charge is 0.133 e. The van der Waals surface area contributed by atoms with Gasteiger partial charge in [0, 0.05) is 5.92 Å². The number of rotatable bonds is 1. The molecule has 0 aromatic carbocycles. The normalized spacial score (nSPS) is 55.7. The number of alkyl halides is 1. The second-order valence-corrected chi connectivity index (χ2v) is 9.81. The molecule has 0 spiro atoms. The van der Waals surface area contributed by atoms with E-state index in [0.29, 0.717) is 23.0 Å². The molecule has 4 rings (SSSR count). The van der Waals surface area contributed by atoms with Gasteiger partial charge in [-0.2, -0.15) is 0 Å². The van der Waals surface area contributed by atoms with E-state index in [0.717, 1.165) is 43.4 Å². The van der Waals surface area contributed by atoms with Crippen LogP contribution in [0.5, 0.6) is 0 Å². The van der Waals surface area contributed by atoms with E-state index in [2.05, 4.69) is 13.8 Å². The van der Waals surface area contributed by atoms with E-state index in [1.165, 1.54) is 32.1 Å². The van der Waals surface area contributed by atoms with Crippen molar-refractivity contribution in [2.75, 3.05) is 0 Å². The van der Waals surface area contributed by atoms with Gasteiger partial charge in [0.25, 0.3) is 0 Å². The highest BCUT2D eigenvalue weighted by Gasteiger charge is 2.60. The first-order valence-corrected chi connectivity index (χ1v) is 10.0. The van der Waals surface area contributed by atoms with Gasteiger partial charge in [-0.15, -0.1) is 0 Å². The number of hydrogen-bond acceptors (Lipinski definition) is 1. The van der Waals surface area contributed by atoms with E-state index in [4.69, 9.17) is 0 Å². The molecular formula is C21H33FO. The molecule has 4 aliphatic carbocycles. The second-order valence-electron chi connectivity index (χ2n) is 9.81. The van der Waals surface area contributed by atoms with Crippen LogP contribution in [0, 0.1) is 40.4 Å². The molecule has 4 saturated carbocycles. The minimum absolute atomic E-state index is 0.257. The monoisotopic (exact) mass is 320 g/mol. The number of Topliss-reactive ketones (excluding diaryl/α,β-unsaturated/α-hetero) is 1. The molecule has 1 nitrogen and oxygen atoms in total. The Labute approximate surface area is 140 Å². The van der Waals surface area contributed by atoms with Crippen LogP contribution in [-0.2, 0) is 4.79 Å². The number of carbonyl (C=O) groups excluding carboxylic acids is 1. The Balaban J connectivity index is 1.61. The number of carbonyl (C=O) groups is 1. The molecule has 0 bridgehead atoms. The largest absolute Gasteiger partial charge is 0.300 e. The predicted octanol–water partition coefficient (Wildman–Crippen LogP) is 5.57. The number of ketones is 1. The van der Waals surface area contributed by atoms with Gasteiger partial charge < -0.3 is 0 Å². The van der Waals surface area contributed by atoms with Crippen molar-refractivity contribution in [3.63, 3.8) is 0 Å². The third-order valence-corrected chi connectivity index (χ3v) is 9.09. The highest BCUT2D eigenvalue weighted by molar-refractivity contribution is 5.79. The van der Waals surface area contributed by atoms with Gasteiger partial charge in [-0.05, 0) is 99.2 Å². The summed E-state index contributed by atoms with van der Waals surface area (Å²) in [5.74, 6) is 3.68. The predicted molar refractivity (Wildman–Crippen MR) is 90.8 cm³/mol. The van der Waals surface area contributed by atoms with Crippen LogP contribution in [0.1, 0.15) is 78.6 Å². The Morgan fingerprint density at radius 2 is 1.61 bits per heavy atom. The van der Waals surface area contributed by atoms with Crippen LogP contribution < -0.4 is 0 Å². The summed E-state index contributed by atoms with van der Waals surface area (Å²) in [6, 6.07) is 0. The van der Waals surface area contributed by atoms with Crippen LogP contribution >= 0.6 is 0 Å². The fourth-order valence-corrected chi connectivity index (χ4v) is 7.87. The lowest BCUT2D eigenvalue weighted by atomic mass is 9.44. The molecule has 0 heterocycles. The van der Waals surface area contributed by atoms with Gasteiger partial charge in [0.2, 0.25) is 0 Å². The molecule has 23 heavy (non-hydrogen) atoms. The first-order valence-electron chi connectivity index (χ1n) is 10.0. The van der Waals surface area contributed by atoms with Crippen molar-refractivity contribution in [3.05, 3.63) is 0 Å². The maximum absolute atomic E-state index is 13.9. The Morgan fingerprint density at radius 3 is 2.35 bits per heavy atom. The Bertz CT molecular complexity index is 502. The maximum atomic E-state index is 13.9. The van der Waals surface area contributed by atoms with Gasteiger partial charge in [0.05, 0.1) is 0 Å². The van der Waals surface area contributed by atoms with Crippen LogP contribution in [0.3, 0.4) is 0 Å². The molecular weight excluding hydrogens is 287 g/mol. The lowest BCUT2D eigenvalue weighted by Gasteiger charge is -2.60. The van der Waals surface area contributed by atoms with E-state index in [-0.39, 0.29) is 5.41 Å². The topological polar surface area (TPSA) is 17.1 Å². The molecule has 4 unspecified atom stereocenters. The van der Waals surface area contributed by atoms with E-state index in [1.807, 2.05) is 6.92 Å². The summed E-state index contributed by atoms with van der Waals surface area (Å²) in [7, 11) is 0. The Kier molecular flexibility index (Phi) is 3.71. The molecule has 130 valence electrons. The van der Waals surface area contributed by atoms with E-state index in [1.54, 1.807) is 0 Å². The first-order chi connectivity index (χ1) is 10.9. The average molecular weight is 320 g/mol. The lowest BCUT2D eigenvalue weighted by molar-refractivity contribution is -0.135. The van der Waals surface area contributed by atoms with Crippen LogP contribution in [0.4, 0.5) is 4.39 Å². The van der Waals surface area contributed by atoms with Gasteiger partial charge in [-0.1, -0.05) is 13.8 Å². The fourth-order valence-electron chi connectivity index (χ4n) is 7.87. The zero-order valence-corrected chi connectivity index (χ0v) is 15.1. The van der Waals surface area contributed by atoms with Crippen molar-refractivity contribution in [3.8, 4) is 0 Å². The van der Waals surface area contributed by atoms with Crippen LogP contribution in [0.2, 0.25) is 0 Å². The molecule has 0 aliphatic heterocycles. The standard InChI is InChI=1S/C21H33FO/c1-13(23)17-6-7-18-16-5-4-14-12-15(22)8-10-20(14,2)19(16)9-11-21(17,18)3/h14-19H,4-12H2,1-3H3/t14-,15+,16?,17?,18?,19?,20+,21-/m1/s1. The molecule has 0 aromatic heterocycles. The van der Waals surface area contributed by atoms with E-state index >= 15 is 0 Å². The molecule has 0 aromatic rings. The summed E-state index contributed by atoms with van der Waals surface area (Å²) >= 11 is 0. The lowest BCUT2D eigenvalue weighted by Crippen LogP contribution is -2.54. The quantitative estimate of drug-likeness (QED) is 0.617. The molecule has 8 atom stereocenters. The van der Waals surface area contributed by atoms with Crippen LogP contribution in [0.25, 0.3) is 0 Å². The van der Waals surface area contributed by atoms with E-state index in [9.17, 15) is 9.18 Å². The minimum Gasteiger partial charge on any atom is -0.300 e. The van der Waals surface area contributed by atoms with Crippen molar-refractivity contribution >= 4 is 5.78 Å². The van der Waals surface area contributed by atoms with Crippen LogP contribution in [-0.4, -0.2) is 12.0 Å². The van der Waals surface area contributed by atoms with Crippen molar-refractivity contribution < 1.29 is 9.18 Å². The Hall–Kier alpha value is -0.400. The SMILES string of the molecule is CC(=O)C1CCC2C3CC[C@@H]4C[C@@H](F)CC[C@]4(C)C3CC[C@]12C. The number of hydrogen-bond donors (Lipinski definition) is 0. The first kappa shape index (κ1) is 16.1. The summed E-state index contributed by atoms with van der Waals surface area (Å²) in [5.41, 5.74) is 0.634. The molecule has 2 heteroatoms. The summed E-state index contributed by atoms with van der Waals surface area (Å²) in [6.45, 7) is 6.71. The van der Waals surface area contributed by atoms with Crippen molar-refractivity contribution in [1.82, 2.24) is 0 Å². The average Bonchev–Trinajstić information content (AvgIpc) is 2.85. The van der Waals surface area contributed by atoms with E-state index < -0.39 is 6.17 Å². The molecule has 0 saturated heterocycles. The van der Waals surface area contributed by atoms with Crippen molar-refractivity contribution in [1.29, 1.82) is 0 Å². The summed E-state index contributed by atoms with van der Waals surface area (Å²) in [4.78, 5) is 12.2. The zero-order valence-electron chi connectivity index (χ0n) is 15.1. The molecule has 4 aliphatic rings.